The van der Waals surface area contributed by atoms with Crippen LogP contribution >= 0.6 is 0 Å². The minimum Gasteiger partial charge on any atom is -0.331 e. The number of carbonyl (C=O) groups excluding carboxylic acids is 3. The molecule has 21 heavy (non-hydrogen) atoms. The second kappa shape index (κ2) is 5.53. The molecule has 4 N–H and O–H groups in total. The number of allylic oxidation sites excluding steroid dienone is 1. The van der Waals surface area contributed by atoms with Crippen molar-refractivity contribution in [1.29, 1.82) is 0 Å². The minimum absolute atomic E-state index is 0.0261. The maximum absolute atomic E-state index is 12.3. The van der Waals surface area contributed by atoms with Crippen molar-refractivity contribution in [2.75, 3.05) is 19.6 Å². The number of amides is 4. The van der Waals surface area contributed by atoms with Gasteiger partial charge in [-0.2, -0.15) is 0 Å². The fourth-order valence-corrected chi connectivity index (χ4v) is 2.53. The van der Waals surface area contributed by atoms with Gasteiger partial charge in [0.05, 0.1) is 6.54 Å². The Morgan fingerprint density at radius 3 is 2.62 bits per heavy atom. The van der Waals surface area contributed by atoms with Crippen LogP contribution in [0.4, 0.5) is 4.79 Å². The third kappa shape index (κ3) is 2.47. The molecule has 7 nitrogen and oxygen atoms in total. The number of nitrogens with two attached hydrogens (primary N) is 1. The van der Waals surface area contributed by atoms with Crippen molar-refractivity contribution in [2.24, 2.45) is 5.73 Å². The third-order valence-corrected chi connectivity index (χ3v) is 3.62. The smallest absolute Gasteiger partial charge is 0.322 e. The Balaban J connectivity index is 2.22. The van der Waals surface area contributed by atoms with E-state index in [4.69, 9.17) is 5.73 Å². The van der Waals surface area contributed by atoms with Gasteiger partial charge in [-0.3, -0.25) is 14.9 Å². The lowest BCUT2D eigenvalue weighted by atomic mass is 9.99. The highest BCUT2D eigenvalue weighted by Gasteiger charge is 2.48. The molecular formula is C14H18N4O3. The van der Waals surface area contributed by atoms with Crippen LogP contribution in [0.15, 0.2) is 36.0 Å². The van der Waals surface area contributed by atoms with Gasteiger partial charge in [0.2, 0.25) is 0 Å². The zero-order valence-corrected chi connectivity index (χ0v) is 11.8. The summed E-state index contributed by atoms with van der Waals surface area (Å²) in [6, 6.07) is -0.595. The van der Waals surface area contributed by atoms with Crippen LogP contribution in [0.25, 0.3) is 0 Å². The molecule has 1 fully saturated rings. The molecule has 1 atom stereocenters. The molecule has 0 bridgehead atoms. The minimum atomic E-state index is -1.27. The Morgan fingerprint density at radius 1 is 1.43 bits per heavy atom. The number of urea groups is 1. The first-order valence-electron chi connectivity index (χ1n) is 6.58. The lowest BCUT2D eigenvalue weighted by Gasteiger charge is -2.29. The van der Waals surface area contributed by atoms with E-state index in [1.807, 2.05) is 19.1 Å². The van der Waals surface area contributed by atoms with E-state index in [1.165, 1.54) is 11.0 Å². The molecular weight excluding hydrogens is 272 g/mol. The summed E-state index contributed by atoms with van der Waals surface area (Å²) < 4.78 is 0. The average Bonchev–Trinajstić information content (AvgIpc) is 2.88. The molecule has 2 heterocycles. The van der Waals surface area contributed by atoms with Gasteiger partial charge in [0.1, 0.15) is 0 Å². The van der Waals surface area contributed by atoms with Crippen molar-refractivity contribution in [3.8, 4) is 0 Å². The molecule has 0 aromatic carbocycles. The van der Waals surface area contributed by atoms with Crippen LogP contribution in [-0.2, 0) is 9.59 Å². The van der Waals surface area contributed by atoms with E-state index in [-0.39, 0.29) is 19.0 Å². The molecule has 1 saturated heterocycles. The van der Waals surface area contributed by atoms with Crippen molar-refractivity contribution in [1.82, 2.24) is 15.5 Å². The predicted octanol–water partition coefficient (Wildman–Crippen LogP) is -0.576. The van der Waals surface area contributed by atoms with Crippen LogP contribution in [-0.4, -0.2) is 47.9 Å². The Hall–Kier alpha value is -2.41. The van der Waals surface area contributed by atoms with Gasteiger partial charge in [-0.15, -0.1) is 0 Å². The molecule has 1 unspecified atom stereocenters. The van der Waals surface area contributed by atoms with Gasteiger partial charge in [0.15, 0.2) is 5.54 Å². The summed E-state index contributed by atoms with van der Waals surface area (Å²) in [5.74, 6) is -0.734. The molecule has 2 aliphatic heterocycles. The molecule has 0 aliphatic carbocycles. The van der Waals surface area contributed by atoms with Crippen molar-refractivity contribution < 1.29 is 14.4 Å². The zero-order chi connectivity index (χ0) is 15.6. The van der Waals surface area contributed by atoms with Gasteiger partial charge in [-0.1, -0.05) is 24.8 Å². The lowest BCUT2D eigenvalue weighted by molar-refractivity contribution is -0.129. The van der Waals surface area contributed by atoms with Crippen molar-refractivity contribution in [2.45, 2.75) is 12.5 Å². The van der Waals surface area contributed by atoms with E-state index in [0.717, 1.165) is 5.57 Å². The standard InChI is InChI=1S/C14H18N4O3/c1-3-5-9-6-18(11(19)10(9)4-2)8-14(7-15)12(20)16-13(21)17-14/h3-5H,2,6-8,15H2,1H3,(H2,16,17,20,21)/b5-3-. The Morgan fingerprint density at radius 2 is 2.14 bits per heavy atom. The molecule has 2 rings (SSSR count). The second-order valence-corrected chi connectivity index (χ2v) is 5.00. The Kier molecular flexibility index (Phi) is 3.95. The summed E-state index contributed by atoms with van der Waals surface area (Å²) in [6.45, 7) is 5.79. The van der Waals surface area contributed by atoms with Crippen LogP contribution < -0.4 is 16.4 Å². The number of imide groups is 1. The highest BCUT2D eigenvalue weighted by molar-refractivity contribution is 6.08. The quantitative estimate of drug-likeness (QED) is 0.589. The first kappa shape index (κ1) is 15.0. The molecule has 2 aliphatic rings. The highest BCUT2D eigenvalue weighted by atomic mass is 16.2. The van der Waals surface area contributed by atoms with E-state index >= 15 is 0 Å². The average molecular weight is 290 g/mol. The number of hydrogen-bond acceptors (Lipinski definition) is 4. The SMILES string of the molecule is C=CC1=C(/C=C\C)CN(CC2(CN)NC(=O)NC2=O)C1=O. The number of nitrogens with one attached hydrogen (secondary N) is 2. The summed E-state index contributed by atoms with van der Waals surface area (Å²) >= 11 is 0. The molecule has 0 aromatic rings. The van der Waals surface area contributed by atoms with Crippen molar-refractivity contribution in [3.05, 3.63) is 36.0 Å². The predicted molar refractivity (Wildman–Crippen MR) is 77.1 cm³/mol. The Bertz CT molecular complexity index is 579. The molecule has 7 heteroatoms. The fraction of sp³-hybridized carbons (Fsp3) is 0.357. The molecule has 0 aromatic heterocycles. The van der Waals surface area contributed by atoms with Gasteiger partial charge < -0.3 is 16.0 Å². The van der Waals surface area contributed by atoms with E-state index < -0.39 is 17.5 Å². The largest absolute Gasteiger partial charge is 0.331 e. The maximum atomic E-state index is 12.3. The van der Waals surface area contributed by atoms with Crippen LogP contribution in [0, 0.1) is 0 Å². The fourth-order valence-electron chi connectivity index (χ4n) is 2.53. The van der Waals surface area contributed by atoms with E-state index in [9.17, 15) is 14.4 Å². The summed E-state index contributed by atoms with van der Waals surface area (Å²) in [7, 11) is 0. The summed E-state index contributed by atoms with van der Waals surface area (Å²) in [5, 5.41) is 4.67. The van der Waals surface area contributed by atoms with Gasteiger partial charge in [-0.05, 0) is 12.5 Å². The van der Waals surface area contributed by atoms with Crippen LogP contribution in [0.2, 0.25) is 0 Å². The number of nitrogens with zero attached hydrogens (tertiary/aromatic N) is 1. The summed E-state index contributed by atoms with van der Waals surface area (Å²) in [5.41, 5.74) is 5.70. The summed E-state index contributed by atoms with van der Waals surface area (Å²) in [6.07, 6.45) is 5.16. The summed E-state index contributed by atoms with van der Waals surface area (Å²) in [4.78, 5) is 37.1. The van der Waals surface area contributed by atoms with Gasteiger partial charge >= 0.3 is 6.03 Å². The van der Waals surface area contributed by atoms with Crippen molar-refractivity contribution in [3.63, 3.8) is 0 Å². The highest BCUT2D eigenvalue weighted by Crippen LogP contribution is 2.24. The van der Waals surface area contributed by atoms with E-state index in [0.29, 0.717) is 12.1 Å². The van der Waals surface area contributed by atoms with Gasteiger partial charge in [0, 0.05) is 18.7 Å². The second-order valence-electron chi connectivity index (χ2n) is 5.00. The number of hydrogen-bond donors (Lipinski definition) is 3. The van der Waals surface area contributed by atoms with Crippen LogP contribution in [0.3, 0.4) is 0 Å². The van der Waals surface area contributed by atoms with E-state index in [1.54, 1.807) is 0 Å². The topological polar surface area (TPSA) is 105 Å². The van der Waals surface area contributed by atoms with Gasteiger partial charge in [0.25, 0.3) is 11.8 Å². The molecule has 0 saturated carbocycles. The molecule has 0 spiro atoms. The first-order chi connectivity index (χ1) is 9.97. The first-order valence-corrected chi connectivity index (χ1v) is 6.58. The molecule has 0 radical (unpaired) electrons. The van der Waals surface area contributed by atoms with Crippen LogP contribution in [0.1, 0.15) is 6.92 Å². The molecule has 4 amide bonds. The monoisotopic (exact) mass is 290 g/mol. The van der Waals surface area contributed by atoms with Crippen LogP contribution in [0.5, 0.6) is 0 Å². The maximum Gasteiger partial charge on any atom is 0.322 e. The normalized spacial score (nSPS) is 25.8. The van der Waals surface area contributed by atoms with Crippen molar-refractivity contribution >= 4 is 17.8 Å². The lowest BCUT2D eigenvalue weighted by Crippen LogP contribution is -2.60. The number of rotatable bonds is 5. The van der Waals surface area contributed by atoms with E-state index in [2.05, 4.69) is 17.2 Å². The number of carbonyl (C=O) groups is 3. The molecule has 112 valence electrons. The third-order valence-electron chi connectivity index (χ3n) is 3.62. The zero-order valence-electron chi connectivity index (χ0n) is 11.8. The Labute approximate surface area is 122 Å². The van der Waals surface area contributed by atoms with Gasteiger partial charge in [-0.25, -0.2) is 4.79 Å².